The lowest BCUT2D eigenvalue weighted by Crippen LogP contribution is -2.46. The van der Waals surface area contributed by atoms with Crippen LogP contribution in [-0.2, 0) is 4.79 Å². The van der Waals surface area contributed by atoms with Crippen molar-refractivity contribution >= 4 is 29.0 Å². The molecule has 2 fully saturated rings. The molecule has 0 saturated carbocycles. The van der Waals surface area contributed by atoms with Gasteiger partial charge < -0.3 is 25.2 Å². The number of amides is 2. The molecule has 4 aromatic rings. The Hall–Kier alpha value is -4.51. The van der Waals surface area contributed by atoms with Gasteiger partial charge in [0.05, 0.1) is 19.0 Å². The van der Waals surface area contributed by atoms with Crippen LogP contribution in [0.5, 0.6) is 5.75 Å². The Labute approximate surface area is 249 Å². The predicted octanol–water partition coefficient (Wildman–Crippen LogP) is 4.27. The highest BCUT2D eigenvalue weighted by Crippen LogP contribution is 2.29. The molecule has 4 heterocycles. The third-order valence-corrected chi connectivity index (χ3v) is 8.42. The van der Waals surface area contributed by atoms with Crippen LogP contribution in [0.15, 0.2) is 55.0 Å². The van der Waals surface area contributed by atoms with E-state index in [-0.39, 0.29) is 23.5 Å². The van der Waals surface area contributed by atoms with E-state index >= 15 is 0 Å². The minimum atomic E-state index is -0.449. The van der Waals surface area contributed by atoms with Crippen molar-refractivity contribution in [3.63, 3.8) is 0 Å². The molecule has 2 aromatic carbocycles. The van der Waals surface area contributed by atoms with Crippen molar-refractivity contribution in [2.24, 2.45) is 5.92 Å². The van der Waals surface area contributed by atoms with Gasteiger partial charge in [0.2, 0.25) is 5.91 Å². The lowest BCUT2D eigenvalue weighted by atomic mass is 9.95. The highest BCUT2D eigenvalue weighted by atomic mass is 19.1. The Kier molecular flexibility index (Phi) is 8.24. The van der Waals surface area contributed by atoms with E-state index in [0.717, 1.165) is 30.9 Å². The van der Waals surface area contributed by atoms with Crippen molar-refractivity contribution in [2.75, 3.05) is 51.7 Å². The van der Waals surface area contributed by atoms with Crippen LogP contribution in [0.3, 0.4) is 0 Å². The third-order valence-electron chi connectivity index (χ3n) is 8.42. The van der Waals surface area contributed by atoms with Gasteiger partial charge in [-0.15, -0.1) is 0 Å². The smallest absolute Gasteiger partial charge is 0.254 e. The second-order valence-electron chi connectivity index (χ2n) is 11.2. The van der Waals surface area contributed by atoms with Crippen molar-refractivity contribution in [2.45, 2.75) is 26.2 Å². The molecule has 0 aliphatic carbocycles. The van der Waals surface area contributed by atoms with Crippen molar-refractivity contribution in [1.29, 1.82) is 0 Å². The zero-order valence-corrected chi connectivity index (χ0v) is 24.5. The molecule has 0 bridgehead atoms. The molecule has 0 radical (unpaired) electrons. The van der Waals surface area contributed by atoms with Crippen molar-refractivity contribution in [3.8, 4) is 17.0 Å². The Morgan fingerprint density at radius 1 is 1.07 bits per heavy atom. The third kappa shape index (κ3) is 6.03. The number of hydrogen-bond acceptors (Lipinski definition) is 7. The van der Waals surface area contributed by atoms with Crippen LogP contribution in [0.4, 0.5) is 15.9 Å². The zero-order valence-electron chi connectivity index (χ0n) is 24.5. The van der Waals surface area contributed by atoms with Crippen LogP contribution >= 0.6 is 0 Å². The number of hydrogen-bond donors (Lipinski definition) is 2. The second kappa shape index (κ2) is 12.4. The molecule has 0 atom stereocenters. The molecule has 2 amide bonds. The number of aromatic nitrogens is 3. The number of anilines is 2. The van der Waals surface area contributed by atoms with Gasteiger partial charge in [0, 0.05) is 61.3 Å². The van der Waals surface area contributed by atoms with E-state index in [1.165, 1.54) is 19.6 Å². The van der Waals surface area contributed by atoms with Gasteiger partial charge in [-0.25, -0.2) is 14.4 Å². The summed E-state index contributed by atoms with van der Waals surface area (Å²) >= 11 is 0. The number of halogens is 1. The van der Waals surface area contributed by atoms with E-state index in [0.29, 0.717) is 60.8 Å². The molecule has 224 valence electrons. The zero-order chi connectivity index (χ0) is 29.9. The quantitative estimate of drug-likeness (QED) is 0.302. The number of aryl methyl sites for hydroxylation is 1. The summed E-state index contributed by atoms with van der Waals surface area (Å²) in [6.07, 6.45) is 7.70. The normalized spacial score (nSPS) is 15.7. The van der Waals surface area contributed by atoms with Gasteiger partial charge >= 0.3 is 0 Å². The number of rotatable bonds is 9. The Balaban J connectivity index is 1.09. The molecular weight excluding hydrogens is 549 g/mol. The predicted molar refractivity (Wildman–Crippen MR) is 162 cm³/mol. The van der Waals surface area contributed by atoms with E-state index in [1.807, 2.05) is 34.4 Å². The largest absolute Gasteiger partial charge is 0.494 e. The van der Waals surface area contributed by atoms with Gasteiger partial charge in [0.1, 0.15) is 0 Å². The van der Waals surface area contributed by atoms with Crippen LogP contribution in [0.2, 0.25) is 0 Å². The van der Waals surface area contributed by atoms with E-state index < -0.39 is 5.82 Å². The maximum absolute atomic E-state index is 14.4. The average molecular weight is 586 g/mol. The molecule has 2 aliphatic heterocycles. The first-order valence-electron chi connectivity index (χ1n) is 14.7. The second-order valence-corrected chi connectivity index (χ2v) is 11.2. The number of fused-ring (bicyclic) bond motifs is 1. The fraction of sp³-hybridized carbons (Fsp3) is 0.375. The van der Waals surface area contributed by atoms with Crippen LogP contribution < -0.4 is 15.4 Å². The van der Waals surface area contributed by atoms with Crippen molar-refractivity contribution in [3.05, 3.63) is 71.9 Å². The Morgan fingerprint density at radius 3 is 2.58 bits per heavy atom. The van der Waals surface area contributed by atoms with Crippen molar-refractivity contribution < 1.29 is 18.7 Å². The number of likely N-dealkylation sites (tertiary alicyclic amines) is 2. The number of carbonyl (C=O) groups is 2. The molecular formula is C32H36FN7O3. The number of nitrogens with zero attached hydrogens (tertiary/aromatic N) is 5. The minimum Gasteiger partial charge on any atom is -0.494 e. The topological polar surface area (TPSA) is 104 Å². The summed E-state index contributed by atoms with van der Waals surface area (Å²) in [4.78, 5) is 39.1. The molecule has 6 rings (SSSR count). The van der Waals surface area contributed by atoms with Gasteiger partial charge in [-0.1, -0.05) is 0 Å². The van der Waals surface area contributed by atoms with Crippen molar-refractivity contribution in [1.82, 2.24) is 29.5 Å². The summed E-state index contributed by atoms with van der Waals surface area (Å²) < 4.78 is 21.2. The SMILES string of the molecule is COc1ccc(-c2cnc3c(Nc4ccc(C(=O)N5CCC(C(=O)NCCN6CCC6)CC5)c(C)c4)nccn23)cc1F. The number of piperidine rings is 1. The summed E-state index contributed by atoms with van der Waals surface area (Å²) in [6.45, 7) is 6.89. The highest BCUT2D eigenvalue weighted by Gasteiger charge is 2.28. The lowest BCUT2D eigenvalue weighted by molar-refractivity contribution is -0.126. The minimum absolute atomic E-state index is 0.0226. The lowest BCUT2D eigenvalue weighted by Gasteiger charge is -2.33. The highest BCUT2D eigenvalue weighted by molar-refractivity contribution is 5.96. The number of nitrogens with one attached hydrogen (secondary N) is 2. The van der Waals surface area contributed by atoms with E-state index in [4.69, 9.17) is 4.74 Å². The van der Waals surface area contributed by atoms with Crippen LogP contribution in [0, 0.1) is 18.7 Å². The molecule has 43 heavy (non-hydrogen) atoms. The molecule has 2 N–H and O–H groups in total. The van der Waals surface area contributed by atoms with Gasteiger partial charge in [0.15, 0.2) is 23.0 Å². The van der Waals surface area contributed by atoms with E-state index in [2.05, 4.69) is 25.5 Å². The van der Waals surface area contributed by atoms with Gasteiger partial charge in [0.25, 0.3) is 5.91 Å². The summed E-state index contributed by atoms with van der Waals surface area (Å²) in [5.74, 6) is 0.297. The van der Waals surface area contributed by atoms with Crippen LogP contribution in [0.1, 0.15) is 35.2 Å². The first-order valence-corrected chi connectivity index (χ1v) is 14.7. The molecule has 2 saturated heterocycles. The number of carbonyl (C=O) groups excluding carboxylic acids is 2. The summed E-state index contributed by atoms with van der Waals surface area (Å²) in [6, 6.07) is 10.4. The van der Waals surface area contributed by atoms with Crippen LogP contribution in [-0.4, -0.2) is 82.4 Å². The molecule has 2 aliphatic rings. The molecule has 10 nitrogen and oxygen atoms in total. The maximum Gasteiger partial charge on any atom is 0.254 e. The van der Waals surface area contributed by atoms with Gasteiger partial charge in [-0.2, -0.15) is 0 Å². The van der Waals surface area contributed by atoms with Gasteiger partial charge in [-0.3, -0.25) is 14.0 Å². The molecule has 11 heteroatoms. The molecule has 0 spiro atoms. The maximum atomic E-state index is 14.4. The Bertz CT molecular complexity index is 1640. The molecule has 2 aromatic heterocycles. The number of benzene rings is 2. The number of imidazole rings is 1. The summed E-state index contributed by atoms with van der Waals surface area (Å²) in [7, 11) is 1.43. The van der Waals surface area contributed by atoms with E-state index in [1.54, 1.807) is 30.7 Å². The fourth-order valence-corrected chi connectivity index (χ4v) is 5.77. The van der Waals surface area contributed by atoms with Crippen LogP contribution in [0.25, 0.3) is 16.9 Å². The first kappa shape index (κ1) is 28.6. The first-order chi connectivity index (χ1) is 20.9. The van der Waals surface area contributed by atoms with Gasteiger partial charge in [-0.05, 0) is 81.2 Å². The standard InChI is InChI=1S/C32H36FN7O3/c1-21-18-24(37-29-30-36-20-27(40(30)17-11-34-29)23-4-7-28(43-2)26(33)19-23)5-6-25(21)32(42)39-14-8-22(9-15-39)31(41)35-10-16-38-12-3-13-38/h4-7,11,17-20,22H,3,8-10,12-16H2,1-2H3,(H,34,37)(H,35,41). The monoisotopic (exact) mass is 585 g/mol. The average Bonchev–Trinajstić information content (AvgIpc) is 3.43. The van der Waals surface area contributed by atoms with E-state index in [9.17, 15) is 14.0 Å². The Morgan fingerprint density at radius 2 is 1.88 bits per heavy atom. The fourth-order valence-electron chi connectivity index (χ4n) is 5.77. The molecule has 0 unspecified atom stereocenters. The number of ether oxygens (including phenoxy) is 1. The number of methoxy groups -OCH3 is 1. The summed E-state index contributed by atoms with van der Waals surface area (Å²) in [5, 5.41) is 6.38. The summed E-state index contributed by atoms with van der Waals surface area (Å²) in [5.41, 5.74) is 4.20.